The van der Waals surface area contributed by atoms with Gasteiger partial charge in [0.25, 0.3) is 5.91 Å². The molecule has 0 bridgehead atoms. The summed E-state index contributed by atoms with van der Waals surface area (Å²) in [4.78, 5) is 27.2. The number of aromatic nitrogens is 5. The number of nitrogens with one attached hydrogen (secondary N) is 2. The van der Waals surface area contributed by atoms with Crippen molar-refractivity contribution in [2.75, 3.05) is 38.2 Å². The summed E-state index contributed by atoms with van der Waals surface area (Å²) in [6.45, 7) is 5.25. The molecule has 4 aromatic heterocycles. The second-order valence-electron chi connectivity index (χ2n) is 8.75. The van der Waals surface area contributed by atoms with E-state index in [-0.39, 0.29) is 11.7 Å². The monoisotopic (exact) mass is 517 g/mol. The molecule has 6 rings (SSSR count). The molecule has 1 aromatic carbocycles. The lowest BCUT2D eigenvalue weighted by molar-refractivity contribution is 0.0360. The summed E-state index contributed by atoms with van der Waals surface area (Å²) in [5, 5.41) is 7.83. The van der Waals surface area contributed by atoms with E-state index < -0.39 is 0 Å². The summed E-state index contributed by atoms with van der Waals surface area (Å²) >= 11 is 6.48. The molecule has 37 heavy (non-hydrogen) atoms. The van der Waals surface area contributed by atoms with Gasteiger partial charge in [-0.15, -0.1) is 0 Å². The fourth-order valence-electron chi connectivity index (χ4n) is 4.27. The van der Waals surface area contributed by atoms with Gasteiger partial charge in [0.05, 0.1) is 42.8 Å². The summed E-state index contributed by atoms with van der Waals surface area (Å²) in [6.07, 6.45) is 7.12. The van der Waals surface area contributed by atoms with Crippen molar-refractivity contribution in [2.24, 2.45) is 0 Å². The van der Waals surface area contributed by atoms with Crippen LogP contribution in [0.5, 0.6) is 0 Å². The number of rotatable bonds is 7. The largest absolute Gasteiger partial charge is 0.459 e. The minimum absolute atomic E-state index is 0.224. The number of imidazole rings is 1. The van der Waals surface area contributed by atoms with Crippen LogP contribution in [0.25, 0.3) is 33.7 Å². The van der Waals surface area contributed by atoms with Crippen molar-refractivity contribution in [3.63, 3.8) is 0 Å². The average molecular weight is 518 g/mol. The summed E-state index contributed by atoms with van der Waals surface area (Å²) < 4.78 is 12.5. The zero-order chi connectivity index (χ0) is 25.2. The van der Waals surface area contributed by atoms with E-state index in [1.807, 2.05) is 23.1 Å². The number of hydrogen-bond donors (Lipinski definition) is 2. The molecule has 1 aliphatic heterocycles. The quantitative estimate of drug-likeness (QED) is 0.330. The van der Waals surface area contributed by atoms with Crippen LogP contribution >= 0.6 is 11.6 Å². The molecule has 1 fully saturated rings. The molecule has 5 heterocycles. The van der Waals surface area contributed by atoms with Crippen LogP contribution in [0.4, 0.5) is 5.69 Å². The van der Waals surface area contributed by atoms with E-state index in [9.17, 15) is 4.79 Å². The van der Waals surface area contributed by atoms with Crippen molar-refractivity contribution in [1.82, 2.24) is 29.6 Å². The third kappa shape index (κ3) is 5.12. The van der Waals surface area contributed by atoms with Crippen LogP contribution in [-0.4, -0.2) is 68.4 Å². The Balaban J connectivity index is 1.20. The summed E-state index contributed by atoms with van der Waals surface area (Å²) in [7, 11) is 0. The number of aromatic amines is 1. The van der Waals surface area contributed by atoms with Gasteiger partial charge in [-0.1, -0.05) is 11.6 Å². The third-order valence-corrected chi connectivity index (χ3v) is 6.61. The van der Waals surface area contributed by atoms with Crippen LogP contribution in [0.1, 0.15) is 10.6 Å². The van der Waals surface area contributed by atoms with E-state index in [4.69, 9.17) is 20.8 Å². The van der Waals surface area contributed by atoms with Crippen molar-refractivity contribution in [1.29, 1.82) is 0 Å². The SMILES string of the molecule is O=C(Nc1ccc(Cl)c(-c2nc3ncc(-c4cnn(CCN5CCOCC5)c4)cc3[nH]2)c1)c1ccco1. The molecule has 0 saturated carbocycles. The number of carbonyl (C=O) groups excluding carboxylic acids is 1. The topological polar surface area (TPSA) is 114 Å². The first-order chi connectivity index (χ1) is 18.1. The number of nitrogens with zero attached hydrogens (tertiary/aromatic N) is 5. The standard InChI is InChI=1S/C26H24ClN7O3/c27-21-4-3-19(30-26(35)23-2-1-9-37-23)13-20(21)24-31-22-12-17(14-28-25(22)32-24)18-15-29-34(16-18)6-5-33-7-10-36-11-8-33/h1-4,9,12-16H,5-8,10-11H2,(H,30,35)(H,28,31,32). The van der Waals surface area contributed by atoms with Crippen LogP contribution in [-0.2, 0) is 11.3 Å². The van der Waals surface area contributed by atoms with E-state index in [0.29, 0.717) is 27.7 Å². The number of carbonyl (C=O) groups is 1. The van der Waals surface area contributed by atoms with Gasteiger partial charge in [0, 0.05) is 54.4 Å². The zero-order valence-corrected chi connectivity index (χ0v) is 20.6. The highest BCUT2D eigenvalue weighted by Crippen LogP contribution is 2.31. The van der Waals surface area contributed by atoms with E-state index in [2.05, 4.69) is 30.3 Å². The Labute approximate surface area is 217 Å². The number of furan rings is 1. The molecule has 0 unspecified atom stereocenters. The van der Waals surface area contributed by atoms with E-state index in [0.717, 1.165) is 56.0 Å². The minimum Gasteiger partial charge on any atom is -0.459 e. The lowest BCUT2D eigenvalue weighted by Crippen LogP contribution is -2.38. The molecule has 2 N–H and O–H groups in total. The summed E-state index contributed by atoms with van der Waals surface area (Å²) in [6, 6.07) is 10.5. The Morgan fingerprint density at radius 2 is 2.00 bits per heavy atom. The minimum atomic E-state index is -0.348. The predicted molar refractivity (Wildman–Crippen MR) is 139 cm³/mol. The molecule has 1 aliphatic rings. The number of benzene rings is 1. The van der Waals surface area contributed by atoms with Crippen LogP contribution in [0, 0.1) is 0 Å². The molecule has 0 atom stereocenters. The molecule has 0 radical (unpaired) electrons. The number of anilines is 1. The molecule has 0 spiro atoms. The van der Waals surface area contributed by atoms with Gasteiger partial charge < -0.3 is 19.5 Å². The fraction of sp³-hybridized carbons (Fsp3) is 0.231. The third-order valence-electron chi connectivity index (χ3n) is 6.28. The van der Waals surface area contributed by atoms with Gasteiger partial charge in [-0.05, 0) is 36.4 Å². The molecular formula is C26H24ClN7O3. The van der Waals surface area contributed by atoms with Crippen molar-refractivity contribution in [3.05, 3.63) is 72.0 Å². The van der Waals surface area contributed by atoms with Crippen LogP contribution in [0.15, 0.2) is 65.7 Å². The van der Waals surface area contributed by atoms with Crippen molar-refractivity contribution < 1.29 is 13.9 Å². The molecule has 0 aliphatic carbocycles. The fourth-order valence-corrected chi connectivity index (χ4v) is 4.48. The first-order valence-electron chi connectivity index (χ1n) is 12.0. The van der Waals surface area contributed by atoms with Gasteiger partial charge >= 0.3 is 0 Å². The van der Waals surface area contributed by atoms with E-state index >= 15 is 0 Å². The summed E-state index contributed by atoms with van der Waals surface area (Å²) in [5.41, 5.74) is 4.47. The second-order valence-corrected chi connectivity index (χ2v) is 9.16. The molecule has 10 nitrogen and oxygen atoms in total. The molecule has 5 aromatic rings. The Morgan fingerprint density at radius 3 is 2.84 bits per heavy atom. The maximum absolute atomic E-state index is 12.4. The number of morpholine rings is 1. The average Bonchev–Trinajstić information content (AvgIpc) is 3.70. The normalized spacial score (nSPS) is 14.3. The number of amides is 1. The van der Waals surface area contributed by atoms with Crippen LogP contribution < -0.4 is 5.32 Å². The highest BCUT2D eigenvalue weighted by molar-refractivity contribution is 6.33. The van der Waals surface area contributed by atoms with Gasteiger partial charge in [-0.25, -0.2) is 9.97 Å². The highest BCUT2D eigenvalue weighted by Gasteiger charge is 2.15. The molecule has 11 heteroatoms. The number of ether oxygens (including phenoxy) is 1. The first kappa shape index (κ1) is 23.4. The molecule has 1 amide bonds. The second kappa shape index (κ2) is 10.2. The van der Waals surface area contributed by atoms with Crippen LogP contribution in [0.3, 0.4) is 0 Å². The number of pyridine rings is 1. The van der Waals surface area contributed by atoms with Gasteiger partial charge in [0.2, 0.25) is 0 Å². The highest BCUT2D eigenvalue weighted by atomic mass is 35.5. The number of fused-ring (bicyclic) bond motifs is 1. The van der Waals surface area contributed by atoms with Gasteiger partial charge in [0.15, 0.2) is 11.4 Å². The number of hydrogen-bond acceptors (Lipinski definition) is 7. The predicted octanol–water partition coefficient (Wildman–Crippen LogP) is 4.32. The molecule has 188 valence electrons. The summed E-state index contributed by atoms with van der Waals surface area (Å²) in [5.74, 6) is 0.431. The Hall–Kier alpha value is -3.99. The Kier molecular flexibility index (Phi) is 6.44. The lowest BCUT2D eigenvalue weighted by atomic mass is 10.1. The maximum Gasteiger partial charge on any atom is 0.291 e. The van der Waals surface area contributed by atoms with Crippen molar-refractivity contribution in [2.45, 2.75) is 6.54 Å². The molecular weight excluding hydrogens is 494 g/mol. The van der Waals surface area contributed by atoms with Gasteiger partial charge in [0.1, 0.15) is 5.82 Å². The number of halogens is 1. The van der Waals surface area contributed by atoms with Gasteiger partial charge in [-0.2, -0.15) is 5.10 Å². The van der Waals surface area contributed by atoms with Crippen molar-refractivity contribution in [3.8, 4) is 22.5 Å². The van der Waals surface area contributed by atoms with Gasteiger partial charge in [-0.3, -0.25) is 14.4 Å². The van der Waals surface area contributed by atoms with E-state index in [1.54, 1.807) is 36.5 Å². The molecule has 1 saturated heterocycles. The number of H-pyrrole nitrogens is 1. The Bertz CT molecular complexity index is 1540. The first-order valence-corrected chi connectivity index (χ1v) is 12.3. The smallest absolute Gasteiger partial charge is 0.291 e. The zero-order valence-electron chi connectivity index (χ0n) is 19.9. The Morgan fingerprint density at radius 1 is 1.11 bits per heavy atom. The van der Waals surface area contributed by atoms with E-state index in [1.165, 1.54) is 6.26 Å². The lowest BCUT2D eigenvalue weighted by Gasteiger charge is -2.26. The van der Waals surface area contributed by atoms with Crippen LogP contribution in [0.2, 0.25) is 5.02 Å². The van der Waals surface area contributed by atoms with Crippen molar-refractivity contribution >= 4 is 34.4 Å². The maximum atomic E-state index is 12.4.